The Morgan fingerprint density at radius 3 is 2.52 bits per heavy atom. The molecule has 0 aliphatic rings. The van der Waals surface area contributed by atoms with Crippen LogP contribution in [0.2, 0.25) is 0 Å². The van der Waals surface area contributed by atoms with Crippen LogP contribution in [0.3, 0.4) is 0 Å². The van der Waals surface area contributed by atoms with Gasteiger partial charge in [-0.1, -0.05) is 48.5 Å². The average Bonchev–Trinajstić information content (AvgIpc) is 3.16. The highest BCUT2D eigenvalue weighted by atomic mass is 19.1. The Bertz CT molecular complexity index is 1040. The maximum absolute atomic E-state index is 13.8. The molecule has 0 saturated heterocycles. The summed E-state index contributed by atoms with van der Waals surface area (Å²) in [5.74, 6) is -0.152. The minimum Gasteiger partial charge on any atom is -0.312 e. The van der Waals surface area contributed by atoms with Crippen molar-refractivity contribution in [2.75, 3.05) is 6.54 Å². The topological polar surface area (TPSA) is 42.7 Å². The van der Waals surface area contributed by atoms with Crippen LogP contribution in [0.5, 0.6) is 0 Å². The maximum Gasteiger partial charge on any atom is 0.126 e. The summed E-state index contributed by atoms with van der Waals surface area (Å²) in [7, 11) is 0. The molecule has 0 amide bonds. The lowest BCUT2D eigenvalue weighted by atomic mass is 10.1. The molecule has 146 valence electrons. The average molecular weight is 386 g/mol. The lowest BCUT2D eigenvalue weighted by Crippen LogP contribution is -2.17. The van der Waals surface area contributed by atoms with E-state index in [0.29, 0.717) is 26.1 Å². The van der Waals surface area contributed by atoms with Crippen LogP contribution < -0.4 is 5.32 Å². The molecule has 2 aromatic carbocycles. The minimum absolute atomic E-state index is 0.152. The summed E-state index contributed by atoms with van der Waals surface area (Å²) < 4.78 is 15.8. The summed E-state index contributed by atoms with van der Waals surface area (Å²) >= 11 is 0. The van der Waals surface area contributed by atoms with Gasteiger partial charge in [-0.15, -0.1) is 0 Å². The van der Waals surface area contributed by atoms with E-state index in [9.17, 15) is 4.39 Å². The third-order valence-corrected chi connectivity index (χ3v) is 4.80. The molecular weight excluding hydrogens is 363 g/mol. The molecule has 2 aromatic heterocycles. The maximum atomic E-state index is 13.8. The Kier molecular flexibility index (Phi) is 6.07. The second-order valence-electron chi connectivity index (χ2n) is 6.95. The molecule has 4 rings (SSSR count). The molecule has 0 aliphatic heterocycles. The number of pyridine rings is 1. The third kappa shape index (κ3) is 4.95. The van der Waals surface area contributed by atoms with Crippen molar-refractivity contribution in [1.29, 1.82) is 0 Å². The normalized spacial score (nSPS) is 10.9. The first kappa shape index (κ1) is 19.0. The van der Waals surface area contributed by atoms with Crippen LogP contribution in [0.4, 0.5) is 4.39 Å². The third-order valence-electron chi connectivity index (χ3n) is 4.80. The van der Waals surface area contributed by atoms with Crippen LogP contribution in [0.25, 0.3) is 11.3 Å². The van der Waals surface area contributed by atoms with Crippen LogP contribution in [0, 0.1) is 5.82 Å². The molecule has 0 spiro atoms. The van der Waals surface area contributed by atoms with Crippen molar-refractivity contribution in [2.24, 2.45) is 0 Å². The fourth-order valence-corrected chi connectivity index (χ4v) is 3.34. The van der Waals surface area contributed by atoms with Crippen LogP contribution in [-0.2, 0) is 19.5 Å². The van der Waals surface area contributed by atoms with Gasteiger partial charge in [0, 0.05) is 36.3 Å². The van der Waals surface area contributed by atoms with Gasteiger partial charge in [0.15, 0.2) is 0 Å². The number of nitrogens with one attached hydrogen (secondary N) is 1. The number of hydrogen-bond acceptors (Lipinski definition) is 3. The zero-order valence-electron chi connectivity index (χ0n) is 16.1. The van der Waals surface area contributed by atoms with E-state index in [2.05, 4.69) is 28.6 Å². The van der Waals surface area contributed by atoms with Gasteiger partial charge in [0.05, 0.1) is 12.2 Å². The molecule has 0 fully saturated rings. The summed E-state index contributed by atoms with van der Waals surface area (Å²) in [6.07, 6.45) is 6.31. The van der Waals surface area contributed by atoms with Gasteiger partial charge in [-0.3, -0.25) is 9.67 Å². The standard InChI is InChI=1S/C24H23FN4/c25-23-11-5-4-9-20(23)12-14-27-16-22-18-29(17-19-7-2-1-3-8-19)28-24(22)21-10-6-13-26-15-21/h1-11,13,15,18,27H,12,14,16-17H2. The monoisotopic (exact) mass is 386 g/mol. The van der Waals surface area contributed by atoms with Crippen molar-refractivity contribution < 1.29 is 4.39 Å². The van der Waals surface area contributed by atoms with Crippen molar-refractivity contribution in [3.8, 4) is 11.3 Å². The SMILES string of the molecule is Fc1ccccc1CCNCc1cn(Cc2ccccc2)nc1-c1cccnc1. The first-order valence-corrected chi connectivity index (χ1v) is 9.74. The first-order chi connectivity index (χ1) is 14.3. The fraction of sp³-hybridized carbons (Fsp3) is 0.167. The Morgan fingerprint density at radius 2 is 1.72 bits per heavy atom. The molecule has 1 N–H and O–H groups in total. The largest absolute Gasteiger partial charge is 0.312 e. The lowest BCUT2D eigenvalue weighted by Gasteiger charge is -2.06. The second kappa shape index (κ2) is 9.26. The van der Waals surface area contributed by atoms with E-state index >= 15 is 0 Å². The molecule has 4 aromatic rings. The number of hydrogen-bond donors (Lipinski definition) is 1. The molecule has 0 unspecified atom stereocenters. The number of rotatable bonds is 8. The van der Waals surface area contributed by atoms with Gasteiger partial charge in [-0.2, -0.15) is 5.10 Å². The van der Waals surface area contributed by atoms with Gasteiger partial charge in [-0.25, -0.2) is 4.39 Å². The fourth-order valence-electron chi connectivity index (χ4n) is 3.34. The molecule has 0 aliphatic carbocycles. The van der Waals surface area contributed by atoms with Crippen LogP contribution in [-0.4, -0.2) is 21.3 Å². The molecule has 0 atom stereocenters. The van der Waals surface area contributed by atoms with Gasteiger partial charge >= 0.3 is 0 Å². The molecule has 0 saturated carbocycles. The van der Waals surface area contributed by atoms with E-state index in [1.807, 2.05) is 53.3 Å². The zero-order chi connectivity index (χ0) is 19.9. The van der Waals surface area contributed by atoms with E-state index in [-0.39, 0.29) is 5.82 Å². The number of halogens is 1. The Labute approximate surface area is 170 Å². The lowest BCUT2D eigenvalue weighted by molar-refractivity contribution is 0.598. The summed E-state index contributed by atoms with van der Waals surface area (Å²) in [5.41, 5.74) is 4.94. The quantitative estimate of drug-likeness (QED) is 0.455. The number of nitrogens with zero attached hydrogens (tertiary/aromatic N) is 3. The number of aromatic nitrogens is 3. The van der Waals surface area contributed by atoms with E-state index < -0.39 is 0 Å². The first-order valence-electron chi connectivity index (χ1n) is 9.74. The van der Waals surface area contributed by atoms with Gasteiger partial charge in [0.2, 0.25) is 0 Å². The van der Waals surface area contributed by atoms with Gasteiger partial charge in [0.1, 0.15) is 5.82 Å². The minimum atomic E-state index is -0.152. The van der Waals surface area contributed by atoms with E-state index in [1.165, 1.54) is 11.6 Å². The van der Waals surface area contributed by atoms with E-state index in [1.54, 1.807) is 12.3 Å². The summed E-state index contributed by atoms with van der Waals surface area (Å²) in [6, 6.07) is 21.1. The molecular formula is C24H23FN4. The summed E-state index contributed by atoms with van der Waals surface area (Å²) in [4.78, 5) is 4.23. The van der Waals surface area contributed by atoms with Crippen molar-refractivity contribution in [2.45, 2.75) is 19.5 Å². The highest BCUT2D eigenvalue weighted by Gasteiger charge is 2.12. The van der Waals surface area contributed by atoms with Gasteiger partial charge in [-0.05, 0) is 42.3 Å². The Balaban J connectivity index is 1.47. The van der Waals surface area contributed by atoms with Gasteiger partial charge in [0.25, 0.3) is 0 Å². The van der Waals surface area contributed by atoms with Crippen molar-refractivity contribution in [3.63, 3.8) is 0 Å². The smallest absolute Gasteiger partial charge is 0.126 e. The predicted octanol–water partition coefficient (Wildman–Crippen LogP) is 4.46. The molecule has 5 heteroatoms. The Hall–Kier alpha value is -3.31. The molecule has 2 heterocycles. The highest BCUT2D eigenvalue weighted by Crippen LogP contribution is 2.21. The Morgan fingerprint density at radius 1 is 0.897 bits per heavy atom. The molecule has 0 radical (unpaired) electrons. The zero-order valence-corrected chi connectivity index (χ0v) is 16.1. The molecule has 0 bridgehead atoms. The summed E-state index contributed by atoms with van der Waals surface area (Å²) in [6.45, 7) is 2.06. The van der Waals surface area contributed by atoms with E-state index in [0.717, 1.165) is 22.4 Å². The van der Waals surface area contributed by atoms with Crippen molar-refractivity contribution >= 4 is 0 Å². The predicted molar refractivity (Wildman–Crippen MR) is 113 cm³/mol. The van der Waals surface area contributed by atoms with Crippen LogP contribution in [0.15, 0.2) is 85.3 Å². The van der Waals surface area contributed by atoms with Crippen molar-refractivity contribution in [1.82, 2.24) is 20.1 Å². The van der Waals surface area contributed by atoms with Crippen molar-refractivity contribution in [3.05, 3.63) is 108 Å². The highest BCUT2D eigenvalue weighted by molar-refractivity contribution is 5.61. The second-order valence-corrected chi connectivity index (χ2v) is 6.95. The molecule has 29 heavy (non-hydrogen) atoms. The summed E-state index contributed by atoms with van der Waals surface area (Å²) in [5, 5.41) is 8.23. The number of benzene rings is 2. The van der Waals surface area contributed by atoms with E-state index in [4.69, 9.17) is 5.10 Å². The van der Waals surface area contributed by atoms with Gasteiger partial charge < -0.3 is 5.32 Å². The van der Waals surface area contributed by atoms with Crippen LogP contribution in [0.1, 0.15) is 16.7 Å². The molecule has 4 nitrogen and oxygen atoms in total. The van der Waals surface area contributed by atoms with Crippen LogP contribution >= 0.6 is 0 Å².